The number of hydrogen-bond acceptors (Lipinski definition) is 5. The standard InChI is InChI=1S/C30H40N2O6/c1-29(2,3)32(28(36)38-30(4,5)6)19-18-31(17-11-16-26(33)34)27(35)37-20-25-23-14-9-7-12-21(23)22-13-8-10-15-24(22)25/h7-10,12-15,25H,11,16-20H2,1-6H3,(H,33,34). The Morgan fingerprint density at radius 3 is 1.87 bits per heavy atom. The first-order chi connectivity index (χ1) is 17.8. The maximum absolute atomic E-state index is 13.3. The smallest absolute Gasteiger partial charge is 0.410 e. The molecule has 0 fully saturated rings. The van der Waals surface area contributed by atoms with Crippen LogP contribution in [0, 0.1) is 0 Å². The highest BCUT2D eigenvalue weighted by Crippen LogP contribution is 2.44. The summed E-state index contributed by atoms with van der Waals surface area (Å²) < 4.78 is 11.4. The van der Waals surface area contributed by atoms with Gasteiger partial charge in [0.2, 0.25) is 0 Å². The van der Waals surface area contributed by atoms with Gasteiger partial charge in [-0.2, -0.15) is 0 Å². The van der Waals surface area contributed by atoms with Crippen LogP contribution in [0.1, 0.15) is 71.4 Å². The molecule has 0 spiro atoms. The molecule has 2 aromatic rings. The van der Waals surface area contributed by atoms with Crippen LogP contribution in [0.15, 0.2) is 48.5 Å². The van der Waals surface area contributed by atoms with Gasteiger partial charge in [-0.05, 0) is 70.2 Å². The number of carbonyl (C=O) groups is 3. The molecular weight excluding hydrogens is 484 g/mol. The average molecular weight is 525 g/mol. The SMILES string of the molecule is CC(C)(C)OC(=O)N(CCN(CCCC(=O)O)C(=O)OCC1c2ccccc2-c2ccccc21)C(C)(C)C. The van der Waals surface area contributed by atoms with Crippen molar-refractivity contribution in [1.29, 1.82) is 0 Å². The molecule has 1 aliphatic rings. The zero-order valence-electron chi connectivity index (χ0n) is 23.3. The number of benzene rings is 2. The lowest BCUT2D eigenvalue weighted by atomic mass is 9.98. The van der Waals surface area contributed by atoms with Crippen molar-refractivity contribution in [3.05, 3.63) is 59.7 Å². The van der Waals surface area contributed by atoms with E-state index in [0.29, 0.717) is 0 Å². The monoisotopic (exact) mass is 524 g/mol. The van der Waals surface area contributed by atoms with Crippen molar-refractivity contribution in [2.75, 3.05) is 26.2 Å². The van der Waals surface area contributed by atoms with Crippen molar-refractivity contribution in [2.24, 2.45) is 0 Å². The lowest BCUT2D eigenvalue weighted by molar-refractivity contribution is -0.137. The second-order valence-corrected chi connectivity index (χ2v) is 11.6. The summed E-state index contributed by atoms with van der Waals surface area (Å²) >= 11 is 0. The Kier molecular flexibility index (Phi) is 9.07. The van der Waals surface area contributed by atoms with Crippen LogP contribution in [-0.2, 0) is 14.3 Å². The van der Waals surface area contributed by atoms with Crippen molar-refractivity contribution < 1.29 is 29.0 Å². The Labute approximate surface area is 225 Å². The predicted octanol–water partition coefficient (Wildman–Crippen LogP) is 6.14. The minimum absolute atomic E-state index is 0.0673. The van der Waals surface area contributed by atoms with Gasteiger partial charge in [-0.3, -0.25) is 4.79 Å². The van der Waals surface area contributed by atoms with Gasteiger partial charge >= 0.3 is 18.2 Å². The number of carbonyl (C=O) groups excluding carboxylic acids is 2. The highest BCUT2D eigenvalue weighted by atomic mass is 16.6. The molecule has 8 heteroatoms. The maximum atomic E-state index is 13.3. The molecule has 0 saturated carbocycles. The molecule has 2 aromatic carbocycles. The fourth-order valence-electron chi connectivity index (χ4n) is 4.64. The molecular formula is C30H40N2O6. The fourth-order valence-corrected chi connectivity index (χ4v) is 4.64. The third kappa shape index (κ3) is 7.49. The van der Waals surface area contributed by atoms with Gasteiger partial charge in [0.15, 0.2) is 0 Å². The molecule has 3 rings (SSSR count). The molecule has 8 nitrogen and oxygen atoms in total. The number of ether oxygens (including phenoxy) is 2. The average Bonchev–Trinajstić information content (AvgIpc) is 3.13. The molecule has 0 aromatic heterocycles. The van der Waals surface area contributed by atoms with Crippen LogP contribution in [0.25, 0.3) is 11.1 Å². The van der Waals surface area contributed by atoms with E-state index in [9.17, 15) is 14.4 Å². The number of aliphatic carboxylic acids is 1. The number of fused-ring (bicyclic) bond motifs is 3. The van der Waals surface area contributed by atoms with Gasteiger partial charge < -0.3 is 24.4 Å². The highest BCUT2D eigenvalue weighted by Gasteiger charge is 2.33. The molecule has 1 N–H and O–H groups in total. The summed E-state index contributed by atoms with van der Waals surface area (Å²) in [6.07, 6.45) is -0.790. The molecule has 0 radical (unpaired) electrons. The van der Waals surface area contributed by atoms with E-state index in [1.807, 2.05) is 45.0 Å². The van der Waals surface area contributed by atoms with Crippen LogP contribution in [-0.4, -0.2) is 70.4 Å². The zero-order valence-corrected chi connectivity index (χ0v) is 23.3. The minimum Gasteiger partial charge on any atom is -0.481 e. The molecule has 1 aliphatic carbocycles. The summed E-state index contributed by atoms with van der Waals surface area (Å²) in [6.45, 7) is 11.9. The normalized spacial score (nSPS) is 12.9. The summed E-state index contributed by atoms with van der Waals surface area (Å²) in [5.41, 5.74) is 3.30. The zero-order chi connectivity index (χ0) is 28.1. The van der Waals surface area contributed by atoms with Gasteiger partial charge in [0.05, 0.1) is 0 Å². The fraction of sp³-hybridized carbons (Fsp3) is 0.500. The van der Waals surface area contributed by atoms with Crippen molar-refractivity contribution in [3.8, 4) is 11.1 Å². The van der Waals surface area contributed by atoms with Gasteiger partial charge in [0.25, 0.3) is 0 Å². The van der Waals surface area contributed by atoms with Crippen molar-refractivity contribution in [2.45, 2.75) is 71.4 Å². The van der Waals surface area contributed by atoms with Crippen molar-refractivity contribution >= 4 is 18.2 Å². The minimum atomic E-state index is -0.928. The van der Waals surface area contributed by atoms with E-state index in [4.69, 9.17) is 14.6 Å². The Balaban J connectivity index is 1.73. The number of hydrogen-bond donors (Lipinski definition) is 1. The Bertz CT molecular complexity index is 1100. The first-order valence-corrected chi connectivity index (χ1v) is 13.1. The molecule has 0 bridgehead atoms. The van der Waals surface area contributed by atoms with E-state index >= 15 is 0 Å². The van der Waals surface area contributed by atoms with Crippen LogP contribution < -0.4 is 0 Å². The molecule has 0 unspecified atom stereocenters. The Morgan fingerprint density at radius 2 is 1.37 bits per heavy atom. The topological polar surface area (TPSA) is 96.4 Å². The van der Waals surface area contributed by atoms with Crippen LogP contribution in [0.2, 0.25) is 0 Å². The number of rotatable bonds is 9. The van der Waals surface area contributed by atoms with Gasteiger partial charge in [-0.1, -0.05) is 48.5 Å². The Morgan fingerprint density at radius 1 is 0.816 bits per heavy atom. The summed E-state index contributed by atoms with van der Waals surface area (Å²) in [7, 11) is 0. The van der Waals surface area contributed by atoms with Gasteiger partial charge in [-0.25, -0.2) is 9.59 Å². The van der Waals surface area contributed by atoms with E-state index in [-0.39, 0.29) is 45.0 Å². The largest absolute Gasteiger partial charge is 0.481 e. The molecule has 0 saturated heterocycles. The Hall–Kier alpha value is -3.55. The van der Waals surface area contributed by atoms with Crippen LogP contribution >= 0.6 is 0 Å². The number of nitrogens with zero attached hydrogens (tertiary/aromatic N) is 2. The second-order valence-electron chi connectivity index (χ2n) is 11.6. The number of carboxylic acid groups (broad SMARTS) is 1. The van der Waals surface area contributed by atoms with E-state index in [0.717, 1.165) is 22.3 Å². The predicted molar refractivity (Wildman–Crippen MR) is 146 cm³/mol. The third-order valence-corrected chi connectivity index (χ3v) is 6.43. The summed E-state index contributed by atoms with van der Waals surface area (Å²) in [5, 5.41) is 9.10. The van der Waals surface area contributed by atoms with Gasteiger partial charge in [0.1, 0.15) is 12.2 Å². The van der Waals surface area contributed by atoms with Crippen LogP contribution in [0.3, 0.4) is 0 Å². The summed E-state index contributed by atoms with van der Waals surface area (Å²) in [6, 6.07) is 16.2. The van der Waals surface area contributed by atoms with E-state index in [2.05, 4.69) is 24.3 Å². The molecule has 2 amide bonds. The van der Waals surface area contributed by atoms with E-state index in [1.54, 1.807) is 25.7 Å². The van der Waals surface area contributed by atoms with Gasteiger partial charge in [0, 0.05) is 37.5 Å². The first-order valence-electron chi connectivity index (χ1n) is 13.1. The molecule has 0 atom stereocenters. The second kappa shape index (κ2) is 11.9. The lowest BCUT2D eigenvalue weighted by Crippen LogP contribution is -2.51. The third-order valence-electron chi connectivity index (χ3n) is 6.43. The van der Waals surface area contributed by atoms with Crippen LogP contribution in [0.5, 0.6) is 0 Å². The lowest BCUT2D eigenvalue weighted by Gasteiger charge is -2.38. The maximum Gasteiger partial charge on any atom is 0.410 e. The summed E-state index contributed by atoms with van der Waals surface area (Å²) in [4.78, 5) is 40.4. The molecule has 0 heterocycles. The summed E-state index contributed by atoms with van der Waals surface area (Å²) in [5.74, 6) is -1.01. The van der Waals surface area contributed by atoms with Crippen LogP contribution in [0.4, 0.5) is 9.59 Å². The molecule has 38 heavy (non-hydrogen) atoms. The highest BCUT2D eigenvalue weighted by molar-refractivity contribution is 5.79. The molecule has 206 valence electrons. The van der Waals surface area contributed by atoms with E-state index < -0.39 is 29.3 Å². The van der Waals surface area contributed by atoms with Crippen molar-refractivity contribution in [3.63, 3.8) is 0 Å². The quantitative estimate of drug-likeness (QED) is 0.423. The van der Waals surface area contributed by atoms with Crippen molar-refractivity contribution in [1.82, 2.24) is 9.80 Å². The first kappa shape index (κ1) is 29.0. The van der Waals surface area contributed by atoms with Gasteiger partial charge in [-0.15, -0.1) is 0 Å². The number of amides is 2. The molecule has 0 aliphatic heterocycles. The number of carboxylic acids is 1. The van der Waals surface area contributed by atoms with E-state index in [1.165, 1.54) is 4.90 Å².